The fourth-order valence-electron chi connectivity index (χ4n) is 7.14. The van der Waals surface area contributed by atoms with Gasteiger partial charge in [-0.05, 0) is 72.9 Å². The highest BCUT2D eigenvalue weighted by Gasteiger charge is 2.28. The van der Waals surface area contributed by atoms with Crippen molar-refractivity contribution in [2.24, 2.45) is 0 Å². The average molecular weight is 694 g/mol. The first-order valence-corrected chi connectivity index (χ1v) is 18.0. The third-order valence-electron chi connectivity index (χ3n) is 9.84. The molecular formula is C42H51N3O6. The number of hydrogen-bond donors (Lipinski definition) is 5. The summed E-state index contributed by atoms with van der Waals surface area (Å²) in [5.74, 6) is -0.932. The molecule has 5 N–H and O–H groups in total. The molecule has 2 unspecified atom stereocenters. The van der Waals surface area contributed by atoms with Crippen molar-refractivity contribution < 1.29 is 29.3 Å². The molecule has 270 valence electrons. The average Bonchev–Trinajstić information content (AvgIpc) is 3.78. The van der Waals surface area contributed by atoms with Crippen LogP contribution in [0, 0.1) is 13.8 Å². The molecule has 3 aromatic heterocycles. The third kappa shape index (κ3) is 8.21. The Labute approximate surface area is 300 Å². The number of aromatic amines is 3. The van der Waals surface area contributed by atoms with Gasteiger partial charge in [0.25, 0.3) is 0 Å². The molecule has 0 radical (unpaired) electrons. The zero-order valence-electron chi connectivity index (χ0n) is 30.6. The Morgan fingerprint density at radius 3 is 1.29 bits per heavy atom. The van der Waals surface area contributed by atoms with Crippen LogP contribution in [0.15, 0.2) is 60.7 Å². The summed E-state index contributed by atoms with van der Waals surface area (Å²) in [6.45, 7) is 12.1. The molecule has 51 heavy (non-hydrogen) atoms. The summed E-state index contributed by atoms with van der Waals surface area (Å²) in [5.41, 5.74) is 11.1. The number of hydrogen-bond acceptors (Lipinski definition) is 6. The van der Waals surface area contributed by atoms with E-state index in [0.29, 0.717) is 59.3 Å². The van der Waals surface area contributed by atoms with Crippen LogP contribution in [0.2, 0.25) is 0 Å². The van der Waals surface area contributed by atoms with E-state index in [1.807, 2.05) is 88.4 Å². The van der Waals surface area contributed by atoms with Crippen molar-refractivity contribution in [1.82, 2.24) is 15.0 Å². The van der Waals surface area contributed by atoms with E-state index in [-0.39, 0.29) is 13.2 Å². The van der Waals surface area contributed by atoms with Gasteiger partial charge >= 0.3 is 11.9 Å². The van der Waals surface area contributed by atoms with Gasteiger partial charge in [-0.3, -0.25) is 0 Å². The Morgan fingerprint density at radius 2 is 0.961 bits per heavy atom. The summed E-state index contributed by atoms with van der Waals surface area (Å²) < 4.78 is 11.3. The van der Waals surface area contributed by atoms with Crippen LogP contribution in [-0.2, 0) is 48.4 Å². The summed E-state index contributed by atoms with van der Waals surface area (Å²) >= 11 is 0. The molecule has 0 spiro atoms. The number of carbonyl (C=O) groups is 2. The van der Waals surface area contributed by atoms with Crippen LogP contribution in [0.1, 0.15) is 141 Å². The van der Waals surface area contributed by atoms with E-state index in [1.165, 1.54) is 11.1 Å². The molecule has 0 aliphatic heterocycles. The van der Waals surface area contributed by atoms with Crippen molar-refractivity contribution in [3.63, 3.8) is 0 Å². The highest BCUT2D eigenvalue weighted by molar-refractivity contribution is 5.90. The van der Waals surface area contributed by atoms with Crippen LogP contribution in [0.25, 0.3) is 0 Å². The van der Waals surface area contributed by atoms with Crippen molar-refractivity contribution in [2.45, 2.75) is 105 Å². The first kappa shape index (κ1) is 37.4. The van der Waals surface area contributed by atoms with Crippen molar-refractivity contribution in [1.29, 1.82) is 0 Å². The Balaban J connectivity index is 1.46. The monoisotopic (exact) mass is 693 g/mol. The van der Waals surface area contributed by atoms with E-state index in [9.17, 15) is 19.8 Å². The van der Waals surface area contributed by atoms with E-state index in [0.717, 1.165) is 46.7 Å². The first-order chi connectivity index (χ1) is 24.6. The number of aromatic nitrogens is 3. The van der Waals surface area contributed by atoms with Gasteiger partial charge < -0.3 is 34.6 Å². The van der Waals surface area contributed by atoms with E-state index in [4.69, 9.17) is 9.47 Å². The van der Waals surface area contributed by atoms with Crippen LogP contribution in [0.3, 0.4) is 0 Å². The summed E-state index contributed by atoms with van der Waals surface area (Å²) in [7, 11) is 0. The lowest BCUT2D eigenvalue weighted by Crippen LogP contribution is -2.07. The Bertz CT molecular complexity index is 1800. The predicted octanol–water partition coefficient (Wildman–Crippen LogP) is 8.19. The van der Waals surface area contributed by atoms with E-state index in [1.54, 1.807) is 0 Å². The minimum Gasteiger partial charge on any atom is -0.456 e. The van der Waals surface area contributed by atoms with Gasteiger partial charge in [0.2, 0.25) is 0 Å². The number of H-pyrrole nitrogens is 3. The van der Waals surface area contributed by atoms with Crippen molar-refractivity contribution in [3.05, 3.63) is 139 Å². The molecule has 2 aromatic carbocycles. The number of ether oxygens (including phenoxy) is 2. The molecule has 9 heteroatoms. The number of nitrogens with one attached hydrogen (secondary N) is 3. The van der Waals surface area contributed by atoms with Crippen LogP contribution in [0.5, 0.6) is 0 Å². The summed E-state index contributed by atoms with van der Waals surface area (Å²) in [4.78, 5) is 37.0. The van der Waals surface area contributed by atoms with Gasteiger partial charge in [-0.15, -0.1) is 0 Å². The molecule has 0 fully saturated rings. The summed E-state index contributed by atoms with van der Waals surface area (Å²) in [5, 5.41) is 22.3. The first-order valence-electron chi connectivity index (χ1n) is 18.0. The molecule has 0 amide bonds. The molecule has 0 aliphatic rings. The molecule has 0 saturated carbocycles. The maximum absolute atomic E-state index is 13.3. The molecule has 5 aromatic rings. The smallest absolute Gasteiger partial charge is 0.355 e. The minimum absolute atomic E-state index is 0.151. The maximum atomic E-state index is 13.3. The Kier molecular flexibility index (Phi) is 12.4. The molecule has 3 heterocycles. The largest absolute Gasteiger partial charge is 0.456 e. The molecule has 0 bridgehead atoms. The fourth-order valence-corrected chi connectivity index (χ4v) is 7.14. The Morgan fingerprint density at radius 1 is 0.588 bits per heavy atom. The molecule has 9 nitrogen and oxygen atoms in total. The van der Waals surface area contributed by atoms with Gasteiger partial charge in [-0.25, -0.2) is 9.59 Å². The SMILES string of the molecule is CCc1c(Cc2[nH]c(C(=O)OCc3ccccc3)c(C)c2C(O)CC)[nH]c(Cc2[nH]c(C(=O)OCc3ccccc3)c(C)c2C(O)CC)c1CC. The number of carbonyl (C=O) groups excluding carboxylic acids is 2. The number of aliphatic hydroxyl groups is 2. The quantitative estimate of drug-likeness (QED) is 0.0660. The number of esters is 2. The molecular weight excluding hydrogens is 642 g/mol. The third-order valence-corrected chi connectivity index (χ3v) is 9.84. The van der Waals surface area contributed by atoms with Crippen molar-refractivity contribution in [3.8, 4) is 0 Å². The van der Waals surface area contributed by atoms with Crippen LogP contribution in [-0.4, -0.2) is 37.1 Å². The second-order valence-corrected chi connectivity index (χ2v) is 13.1. The van der Waals surface area contributed by atoms with E-state index < -0.39 is 24.1 Å². The topological polar surface area (TPSA) is 140 Å². The normalized spacial score (nSPS) is 12.5. The number of aliphatic hydroxyl groups excluding tert-OH is 2. The van der Waals surface area contributed by atoms with Gasteiger partial charge in [-0.2, -0.15) is 0 Å². The second kappa shape index (κ2) is 16.9. The van der Waals surface area contributed by atoms with Gasteiger partial charge in [0.05, 0.1) is 12.2 Å². The second-order valence-electron chi connectivity index (χ2n) is 13.1. The van der Waals surface area contributed by atoms with Crippen LogP contribution < -0.4 is 0 Å². The maximum Gasteiger partial charge on any atom is 0.355 e. The highest BCUT2D eigenvalue weighted by Crippen LogP contribution is 2.34. The number of rotatable bonds is 16. The highest BCUT2D eigenvalue weighted by atomic mass is 16.5. The molecule has 0 saturated heterocycles. The molecule has 0 aliphatic carbocycles. The lowest BCUT2D eigenvalue weighted by Gasteiger charge is -2.12. The van der Waals surface area contributed by atoms with Gasteiger partial charge in [-0.1, -0.05) is 88.4 Å². The van der Waals surface area contributed by atoms with Crippen molar-refractivity contribution in [2.75, 3.05) is 0 Å². The zero-order chi connectivity index (χ0) is 36.7. The summed E-state index contributed by atoms with van der Waals surface area (Å²) in [6, 6.07) is 19.1. The van der Waals surface area contributed by atoms with Crippen LogP contribution >= 0.6 is 0 Å². The minimum atomic E-state index is -0.753. The van der Waals surface area contributed by atoms with Crippen LogP contribution in [0.4, 0.5) is 0 Å². The fraction of sp³-hybridized carbons (Fsp3) is 0.381. The van der Waals surface area contributed by atoms with Crippen molar-refractivity contribution >= 4 is 11.9 Å². The standard InChI is InChI=1S/C42H51N3O6/c1-7-29-30(8-2)32(22-34-38(36(47)10-4)26(6)40(45-34)42(49)51-24-28-19-15-12-16-20-28)43-31(29)21-33-37(35(46)9-3)25(5)39(44-33)41(48)50-23-27-17-13-11-14-18-27/h11-20,35-36,43-47H,7-10,21-24H2,1-6H3. The zero-order valence-corrected chi connectivity index (χ0v) is 30.6. The van der Waals surface area contributed by atoms with Gasteiger partial charge in [0.1, 0.15) is 24.6 Å². The lowest BCUT2D eigenvalue weighted by atomic mass is 9.96. The van der Waals surface area contributed by atoms with E-state index in [2.05, 4.69) is 28.8 Å². The summed E-state index contributed by atoms with van der Waals surface area (Å²) in [6.07, 6.45) is 1.92. The number of benzene rings is 2. The lowest BCUT2D eigenvalue weighted by molar-refractivity contribution is 0.0456. The van der Waals surface area contributed by atoms with Gasteiger partial charge in [0.15, 0.2) is 0 Å². The Hall–Kier alpha value is -4.86. The van der Waals surface area contributed by atoms with E-state index >= 15 is 0 Å². The molecule has 5 rings (SSSR count). The predicted molar refractivity (Wildman–Crippen MR) is 198 cm³/mol. The van der Waals surface area contributed by atoms with Gasteiger partial charge in [0, 0.05) is 46.7 Å². The molecule has 2 atom stereocenters.